The molecule has 0 saturated carbocycles. The quantitative estimate of drug-likeness (QED) is 0.773. The summed E-state index contributed by atoms with van der Waals surface area (Å²) in [6.07, 6.45) is 0.133. The molecule has 2 aliphatic rings. The van der Waals surface area contributed by atoms with Crippen molar-refractivity contribution in [3.05, 3.63) is 53.6 Å². The fraction of sp³-hybridized carbons (Fsp3) is 0.435. The highest BCUT2D eigenvalue weighted by atomic mass is 16.5. The van der Waals surface area contributed by atoms with Crippen LogP contribution in [0.5, 0.6) is 17.2 Å². The van der Waals surface area contributed by atoms with Crippen molar-refractivity contribution in [3.63, 3.8) is 0 Å². The molecule has 29 heavy (non-hydrogen) atoms. The highest BCUT2D eigenvalue weighted by Gasteiger charge is 2.45. The topological polar surface area (TPSA) is 68.2 Å². The van der Waals surface area contributed by atoms with Gasteiger partial charge >= 0.3 is 5.97 Å². The summed E-state index contributed by atoms with van der Waals surface area (Å²) >= 11 is 0. The number of fused-ring (bicyclic) bond motifs is 1. The lowest BCUT2D eigenvalue weighted by Gasteiger charge is -2.52. The second-order valence-electron chi connectivity index (χ2n) is 8.03. The summed E-state index contributed by atoms with van der Waals surface area (Å²) in [6, 6.07) is 14.0. The Balaban J connectivity index is 1.39. The van der Waals surface area contributed by atoms with Crippen LogP contribution in [0.25, 0.3) is 0 Å². The van der Waals surface area contributed by atoms with E-state index in [1.807, 2.05) is 31.2 Å². The van der Waals surface area contributed by atoms with E-state index in [9.17, 15) is 4.79 Å². The highest BCUT2D eigenvalue weighted by Crippen LogP contribution is 2.41. The molecule has 1 atom stereocenters. The van der Waals surface area contributed by atoms with Crippen molar-refractivity contribution in [2.75, 3.05) is 26.3 Å². The van der Waals surface area contributed by atoms with Crippen molar-refractivity contribution in [3.8, 4) is 17.2 Å². The molecule has 1 N–H and O–H groups in total. The number of para-hydroxylation sites is 1. The van der Waals surface area contributed by atoms with Crippen molar-refractivity contribution < 1.29 is 24.1 Å². The van der Waals surface area contributed by atoms with Crippen LogP contribution in [0.1, 0.15) is 25.0 Å². The number of carboxylic acids is 1. The Bertz CT molecular complexity index is 891. The average molecular weight is 397 g/mol. The molecule has 0 radical (unpaired) electrons. The molecule has 4 rings (SSSR count). The fourth-order valence-corrected chi connectivity index (χ4v) is 4.21. The monoisotopic (exact) mass is 397 g/mol. The molecular weight excluding hydrogens is 370 g/mol. The molecule has 0 bridgehead atoms. The van der Waals surface area contributed by atoms with Crippen LogP contribution in [0.15, 0.2) is 42.5 Å². The molecule has 0 amide bonds. The lowest BCUT2D eigenvalue weighted by atomic mass is 9.74. The Hall–Kier alpha value is -2.73. The highest BCUT2D eigenvalue weighted by molar-refractivity contribution is 5.72. The minimum absolute atomic E-state index is 0.205. The van der Waals surface area contributed by atoms with Gasteiger partial charge in [0.15, 0.2) is 17.6 Å². The average Bonchev–Trinajstić information content (AvgIpc) is 2.68. The Kier molecular flexibility index (Phi) is 5.37. The van der Waals surface area contributed by atoms with Gasteiger partial charge in [0.2, 0.25) is 0 Å². The van der Waals surface area contributed by atoms with Crippen LogP contribution in [-0.4, -0.2) is 48.4 Å². The molecule has 1 fully saturated rings. The normalized spacial score (nSPS) is 18.3. The Morgan fingerprint density at radius 1 is 1.24 bits per heavy atom. The third-order valence-corrected chi connectivity index (χ3v) is 5.56. The van der Waals surface area contributed by atoms with Crippen molar-refractivity contribution >= 4 is 5.97 Å². The molecule has 1 spiro atoms. The van der Waals surface area contributed by atoms with Gasteiger partial charge in [-0.15, -0.1) is 0 Å². The minimum Gasteiger partial charge on any atom is -0.493 e. The Labute approximate surface area is 171 Å². The van der Waals surface area contributed by atoms with E-state index in [2.05, 4.69) is 17.0 Å². The van der Waals surface area contributed by atoms with Crippen LogP contribution in [-0.2, 0) is 17.8 Å². The van der Waals surface area contributed by atoms with Crippen molar-refractivity contribution in [2.24, 2.45) is 5.41 Å². The largest absolute Gasteiger partial charge is 0.493 e. The van der Waals surface area contributed by atoms with Gasteiger partial charge in [-0.25, -0.2) is 4.79 Å². The van der Waals surface area contributed by atoms with Crippen LogP contribution in [0.2, 0.25) is 0 Å². The van der Waals surface area contributed by atoms with Crippen LogP contribution in [0.4, 0.5) is 0 Å². The molecule has 154 valence electrons. The van der Waals surface area contributed by atoms with Crippen LogP contribution < -0.4 is 14.2 Å². The molecule has 2 heterocycles. The lowest BCUT2D eigenvalue weighted by Crippen LogP contribution is -2.60. The zero-order valence-electron chi connectivity index (χ0n) is 16.9. The molecule has 2 aliphatic heterocycles. The summed E-state index contributed by atoms with van der Waals surface area (Å²) in [4.78, 5) is 13.5. The maximum Gasteiger partial charge on any atom is 0.344 e. The second kappa shape index (κ2) is 7.95. The van der Waals surface area contributed by atoms with Gasteiger partial charge in [0, 0.05) is 25.0 Å². The van der Waals surface area contributed by atoms with E-state index >= 15 is 0 Å². The molecule has 2 aromatic rings. The van der Waals surface area contributed by atoms with Gasteiger partial charge < -0.3 is 19.3 Å². The summed E-state index contributed by atoms with van der Waals surface area (Å²) in [5.74, 6) is 1.06. The minimum atomic E-state index is -1.00. The molecule has 1 unspecified atom stereocenters. The van der Waals surface area contributed by atoms with Crippen molar-refractivity contribution in [1.82, 2.24) is 4.90 Å². The zero-order valence-corrected chi connectivity index (χ0v) is 16.9. The number of nitrogens with zero attached hydrogens (tertiary/aromatic N) is 1. The third kappa shape index (κ3) is 4.17. The van der Waals surface area contributed by atoms with Gasteiger partial charge in [-0.05, 0) is 49.6 Å². The first-order valence-corrected chi connectivity index (χ1v) is 10.1. The number of rotatable bonds is 7. The molecule has 1 saturated heterocycles. The van der Waals surface area contributed by atoms with Crippen molar-refractivity contribution in [1.29, 1.82) is 0 Å². The molecule has 2 aromatic carbocycles. The second-order valence-corrected chi connectivity index (χ2v) is 8.03. The number of carbonyl (C=O) groups is 1. The summed E-state index contributed by atoms with van der Waals surface area (Å²) in [7, 11) is 0. The smallest absolute Gasteiger partial charge is 0.344 e. The fourth-order valence-electron chi connectivity index (χ4n) is 4.21. The maximum absolute atomic E-state index is 11.1. The van der Waals surface area contributed by atoms with E-state index in [1.54, 1.807) is 6.07 Å². The molecule has 6 heteroatoms. The molecule has 0 aliphatic carbocycles. The first-order chi connectivity index (χ1) is 14.0. The summed E-state index contributed by atoms with van der Waals surface area (Å²) in [5, 5.41) is 9.08. The van der Waals surface area contributed by atoms with E-state index in [0.717, 1.165) is 44.0 Å². The van der Waals surface area contributed by atoms with E-state index < -0.39 is 12.1 Å². The number of carboxylic acid groups (broad SMARTS) is 1. The van der Waals surface area contributed by atoms with E-state index in [4.69, 9.17) is 19.3 Å². The van der Waals surface area contributed by atoms with Gasteiger partial charge in [-0.3, -0.25) is 4.90 Å². The first-order valence-electron chi connectivity index (χ1n) is 10.1. The van der Waals surface area contributed by atoms with E-state index in [0.29, 0.717) is 18.1 Å². The maximum atomic E-state index is 11.1. The number of likely N-dealkylation sites (tertiary alicyclic amines) is 1. The lowest BCUT2D eigenvalue weighted by molar-refractivity contribution is -0.144. The summed E-state index contributed by atoms with van der Waals surface area (Å²) in [5.41, 5.74) is 2.62. The van der Waals surface area contributed by atoms with Gasteiger partial charge in [0.25, 0.3) is 0 Å². The van der Waals surface area contributed by atoms with Crippen LogP contribution in [0, 0.1) is 5.41 Å². The first kappa shape index (κ1) is 19.6. The third-order valence-electron chi connectivity index (χ3n) is 5.56. The molecule has 0 aromatic heterocycles. The van der Waals surface area contributed by atoms with Gasteiger partial charge in [0.05, 0.1) is 13.2 Å². The molecule has 6 nitrogen and oxygen atoms in total. The number of ether oxygens (including phenoxy) is 3. The van der Waals surface area contributed by atoms with E-state index in [1.165, 1.54) is 12.5 Å². The SMILES string of the molecule is CCOc1cc(CN2CC3(COc4ccccc4C3)C2)ccc1OC(C)C(=O)O. The van der Waals surface area contributed by atoms with Gasteiger partial charge in [-0.1, -0.05) is 24.3 Å². The van der Waals surface area contributed by atoms with Crippen LogP contribution >= 0.6 is 0 Å². The Morgan fingerprint density at radius 2 is 2.03 bits per heavy atom. The number of hydrogen-bond donors (Lipinski definition) is 1. The predicted molar refractivity (Wildman–Crippen MR) is 109 cm³/mol. The predicted octanol–water partition coefficient (Wildman–Crippen LogP) is 3.37. The van der Waals surface area contributed by atoms with Crippen LogP contribution in [0.3, 0.4) is 0 Å². The van der Waals surface area contributed by atoms with E-state index in [-0.39, 0.29) is 5.41 Å². The summed E-state index contributed by atoms with van der Waals surface area (Å²) < 4.78 is 17.2. The Morgan fingerprint density at radius 3 is 2.79 bits per heavy atom. The molecular formula is C23H27NO5. The van der Waals surface area contributed by atoms with Crippen molar-refractivity contribution in [2.45, 2.75) is 32.9 Å². The van der Waals surface area contributed by atoms with Gasteiger partial charge in [-0.2, -0.15) is 0 Å². The standard InChI is InChI=1S/C23H27NO5/c1-3-27-21-10-17(8-9-20(21)29-16(2)22(25)26)12-24-13-23(14-24)11-18-6-4-5-7-19(18)28-15-23/h4-10,16H,3,11-15H2,1-2H3,(H,25,26). The number of benzene rings is 2. The number of hydrogen-bond acceptors (Lipinski definition) is 5. The summed E-state index contributed by atoms with van der Waals surface area (Å²) in [6.45, 7) is 7.49. The zero-order chi connectivity index (χ0) is 20.4. The number of aliphatic carboxylic acids is 1. The van der Waals surface area contributed by atoms with Gasteiger partial charge in [0.1, 0.15) is 5.75 Å².